The molecule has 2 heterocycles. The fraction of sp³-hybridized carbons (Fsp3) is 0.700. The monoisotopic (exact) mass is 529 g/mol. The molecule has 2 fully saturated rings. The topological polar surface area (TPSA) is 73.8 Å². The highest BCUT2D eigenvalue weighted by Gasteiger charge is 2.42. The quantitative estimate of drug-likeness (QED) is 0.300. The number of nitrogens with one attached hydrogen (secondary N) is 2. The average Bonchev–Trinajstić information content (AvgIpc) is 3.37. The number of likely N-dealkylation sites (N-methyl/N-ethyl adjacent to an activating group) is 1. The molecule has 37 heavy (non-hydrogen) atoms. The Balaban J connectivity index is 1.46. The summed E-state index contributed by atoms with van der Waals surface area (Å²) in [4.78, 5) is 16.5. The molecule has 1 saturated carbocycles. The van der Waals surface area contributed by atoms with Crippen molar-refractivity contribution in [3.05, 3.63) is 35.2 Å². The summed E-state index contributed by atoms with van der Waals surface area (Å²) in [7, 11) is 3.69. The number of unbranched alkanes of at least 4 members (excludes halogenated alkanes) is 1. The summed E-state index contributed by atoms with van der Waals surface area (Å²) in [6, 6.07) is 10.7. The van der Waals surface area contributed by atoms with E-state index in [1.54, 1.807) is 18.4 Å². The molecule has 1 aromatic heterocycles. The molecule has 3 N–H and O–H groups in total. The van der Waals surface area contributed by atoms with E-state index in [1.165, 1.54) is 42.2 Å². The number of hydrogen-bond donors (Lipinski definition) is 3. The molecule has 6 nitrogen and oxygen atoms in total. The van der Waals surface area contributed by atoms with Gasteiger partial charge >= 0.3 is 6.03 Å². The first kappa shape index (κ1) is 28.3. The minimum atomic E-state index is -0.942. The van der Waals surface area contributed by atoms with Gasteiger partial charge in [-0.05, 0) is 69.0 Å². The largest absolute Gasteiger partial charge is 0.385 e. The smallest absolute Gasteiger partial charge is 0.317 e. The van der Waals surface area contributed by atoms with Gasteiger partial charge in [0.2, 0.25) is 0 Å². The second-order valence-electron chi connectivity index (χ2n) is 11.3. The number of carbonyl (C=O) groups is 1. The number of amides is 2. The van der Waals surface area contributed by atoms with Gasteiger partial charge in [-0.25, -0.2) is 4.79 Å². The van der Waals surface area contributed by atoms with Crippen LogP contribution < -0.4 is 10.6 Å². The molecule has 2 aliphatic rings. The zero-order valence-corrected chi connectivity index (χ0v) is 23.7. The Morgan fingerprint density at radius 1 is 1.19 bits per heavy atom. The Morgan fingerprint density at radius 2 is 2.00 bits per heavy atom. The molecule has 0 spiro atoms. The van der Waals surface area contributed by atoms with Gasteiger partial charge in [-0.1, -0.05) is 50.3 Å². The van der Waals surface area contributed by atoms with E-state index in [0.717, 1.165) is 50.1 Å². The Labute approximate surface area is 227 Å². The number of urea groups is 1. The van der Waals surface area contributed by atoms with Gasteiger partial charge in [0.05, 0.1) is 0 Å². The van der Waals surface area contributed by atoms with E-state index >= 15 is 0 Å². The van der Waals surface area contributed by atoms with Gasteiger partial charge < -0.3 is 25.4 Å². The van der Waals surface area contributed by atoms with Gasteiger partial charge in [0.25, 0.3) is 0 Å². The van der Waals surface area contributed by atoms with E-state index < -0.39 is 5.60 Å². The lowest BCUT2D eigenvalue weighted by atomic mass is 9.77. The van der Waals surface area contributed by atoms with Crippen molar-refractivity contribution in [1.29, 1.82) is 0 Å². The first-order valence-corrected chi connectivity index (χ1v) is 15.3. The van der Waals surface area contributed by atoms with Crippen molar-refractivity contribution in [2.45, 2.75) is 82.3 Å². The van der Waals surface area contributed by atoms with Gasteiger partial charge in [-0.2, -0.15) is 0 Å². The lowest BCUT2D eigenvalue weighted by Gasteiger charge is -2.42. The number of ether oxygens (including phenoxy) is 1. The summed E-state index contributed by atoms with van der Waals surface area (Å²) in [6.07, 6.45) is 12.0. The summed E-state index contributed by atoms with van der Waals surface area (Å²) in [5.74, 6) is 0.732. The molecule has 1 saturated heterocycles. The first-order chi connectivity index (χ1) is 18.0. The minimum Gasteiger partial charge on any atom is -0.385 e. The number of methoxy groups -OCH3 is 1. The highest BCUT2D eigenvalue weighted by atomic mass is 32.1. The van der Waals surface area contributed by atoms with Crippen molar-refractivity contribution in [3.8, 4) is 0 Å². The Kier molecular flexibility index (Phi) is 10.7. The molecule has 2 amide bonds. The van der Waals surface area contributed by atoms with Crippen molar-refractivity contribution < 1.29 is 14.6 Å². The van der Waals surface area contributed by atoms with Crippen LogP contribution in [0.3, 0.4) is 0 Å². The predicted molar refractivity (Wildman–Crippen MR) is 153 cm³/mol. The van der Waals surface area contributed by atoms with Crippen LogP contribution in [0.25, 0.3) is 10.1 Å². The van der Waals surface area contributed by atoms with Crippen molar-refractivity contribution in [1.82, 2.24) is 15.5 Å². The van der Waals surface area contributed by atoms with Crippen LogP contribution in [0.5, 0.6) is 0 Å². The van der Waals surface area contributed by atoms with Crippen LogP contribution in [0.4, 0.5) is 4.79 Å². The van der Waals surface area contributed by atoms with E-state index in [1.807, 2.05) is 11.9 Å². The SMILES string of the molecule is CNC[C@H](CC1CCCCC1)NC(=O)N1CCC[C@@H]([C@@](O)(CCCCOC)c2cc3ccccc3s2)C1. The van der Waals surface area contributed by atoms with Crippen LogP contribution in [0.15, 0.2) is 30.3 Å². The molecule has 0 radical (unpaired) electrons. The molecular weight excluding hydrogens is 482 g/mol. The van der Waals surface area contributed by atoms with Crippen LogP contribution in [-0.4, -0.2) is 62.5 Å². The van der Waals surface area contributed by atoms with Crippen LogP contribution in [0.2, 0.25) is 0 Å². The van der Waals surface area contributed by atoms with Crippen molar-refractivity contribution >= 4 is 27.5 Å². The van der Waals surface area contributed by atoms with E-state index in [-0.39, 0.29) is 18.0 Å². The van der Waals surface area contributed by atoms with E-state index in [9.17, 15) is 9.90 Å². The van der Waals surface area contributed by atoms with Crippen molar-refractivity contribution in [2.24, 2.45) is 11.8 Å². The van der Waals surface area contributed by atoms with E-state index in [0.29, 0.717) is 25.5 Å². The number of hydrogen-bond acceptors (Lipinski definition) is 5. The third-order valence-electron chi connectivity index (χ3n) is 8.51. The molecule has 206 valence electrons. The molecule has 4 rings (SSSR count). The number of piperidine rings is 1. The maximum absolute atomic E-state index is 13.5. The maximum Gasteiger partial charge on any atom is 0.317 e. The maximum atomic E-state index is 13.5. The van der Waals surface area contributed by atoms with Crippen LogP contribution in [0, 0.1) is 11.8 Å². The van der Waals surface area contributed by atoms with Crippen molar-refractivity contribution in [2.75, 3.05) is 40.4 Å². The molecule has 1 aliphatic heterocycles. The second-order valence-corrected chi connectivity index (χ2v) is 12.3. The highest BCUT2D eigenvalue weighted by molar-refractivity contribution is 7.19. The van der Waals surface area contributed by atoms with Crippen LogP contribution >= 0.6 is 11.3 Å². The zero-order chi connectivity index (χ0) is 26.1. The van der Waals surface area contributed by atoms with Gasteiger partial charge in [0.1, 0.15) is 5.60 Å². The number of rotatable bonds is 12. The number of benzene rings is 1. The summed E-state index contributed by atoms with van der Waals surface area (Å²) >= 11 is 1.70. The first-order valence-electron chi connectivity index (χ1n) is 14.4. The number of nitrogens with zero attached hydrogens (tertiary/aromatic N) is 1. The second kappa shape index (κ2) is 13.9. The lowest BCUT2D eigenvalue weighted by molar-refractivity contribution is -0.0534. The lowest BCUT2D eigenvalue weighted by Crippen LogP contribution is -2.53. The Hall–Kier alpha value is -1.67. The molecule has 2 aromatic rings. The number of aliphatic hydroxyl groups is 1. The molecule has 3 atom stereocenters. The van der Waals surface area contributed by atoms with Crippen LogP contribution in [-0.2, 0) is 10.3 Å². The molecule has 1 aliphatic carbocycles. The Morgan fingerprint density at radius 3 is 2.76 bits per heavy atom. The average molecular weight is 530 g/mol. The van der Waals surface area contributed by atoms with Gasteiger partial charge in [0.15, 0.2) is 0 Å². The normalized spacial score (nSPS) is 21.6. The van der Waals surface area contributed by atoms with E-state index in [2.05, 4.69) is 41.0 Å². The zero-order valence-electron chi connectivity index (χ0n) is 22.8. The third kappa shape index (κ3) is 7.47. The highest BCUT2D eigenvalue weighted by Crippen LogP contribution is 2.44. The standard InChI is InChI=1S/C30H47N3O3S/c1-31-21-26(19-23-11-4-3-5-12-23)32-29(34)33-17-10-14-25(22-33)30(35,16-8-9-18-36-2)28-20-24-13-6-7-15-27(24)37-28/h6-7,13,15,20,23,25-26,31,35H,3-5,8-12,14,16-19,21-22H2,1-2H3,(H,32,34)/t25-,26+,30+/m1/s1. The fourth-order valence-electron chi connectivity index (χ4n) is 6.45. The molecule has 0 bridgehead atoms. The molecule has 7 heteroatoms. The summed E-state index contributed by atoms with van der Waals surface area (Å²) in [6.45, 7) is 2.85. The summed E-state index contributed by atoms with van der Waals surface area (Å²) < 4.78 is 6.47. The number of likely N-dealkylation sites (tertiary alicyclic amines) is 1. The molecule has 0 unspecified atom stereocenters. The third-order valence-corrected chi connectivity index (χ3v) is 9.80. The number of thiophene rings is 1. The van der Waals surface area contributed by atoms with E-state index in [4.69, 9.17) is 4.74 Å². The molecular formula is C30H47N3O3S. The van der Waals surface area contributed by atoms with Crippen molar-refractivity contribution in [3.63, 3.8) is 0 Å². The van der Waals surface area contributed by atoms with Crippen LogP contribution in [0.1, 0.15) is 75.5 Å². The number of fused-ring (bicyclic) bond motifs is 1. The van der Waals surface area contributed by atoms with Gasteiger partial charge in [-0.3, -0.25) is 0 Å². The fourth-order valence-corrected chi connectivity index (χ4v) is 7.71. The number of carbonyl (C=O) groups excluding carboxylic acids is 1. The minimum absolute atomic E-state index is 0.0173. The summed E-state index contributed by atoms with van der Waals surface area (Å²) in [5.41, 5.74) is -0.942. The summed E-state index contributed by atoms with van der Waals surface area (Å²) in [5, 5.41) is 20.1. The van der Waals surface area contributed by atoms with Gasteiger partial charge in [-0.15, -0.1) is 11.3 Å². The van der Waals surface area contributed by atoms with Gasteiger partial charge in [0, 0.05) is 54.9 Å². The predicted octanol–water partition coefficient (Wildman–Crippen LogP) is 5.89. The molecule has 1 aromatic carbocycles. The Bertz CT molecular complexity index is 943.